The summed E-state index contributed by atoms with van der Waals surface area (Å²) in [5.74, 6) is 1.83. The second kappa shape index (κ2) is 10.2. The first-order chi connectivity index (χ1) is 20.7. The van der Waals surface area contributed by atoms with Crippen LogP contribution in [0.1, 0.15) is 36.8 Å². The van der Waals surface area contributed by atoms with Gasteiger partial charge in [-0.05, 0) is 56.3 Å². The molecule has 0 bridgehead atoms. The van der Waals surface area contributed by atoms with Crippen LogP contribution < -0.4 is 15.3 Å². The van der Waals surface area contributed by atoms with Crippen molar-refractivity contribution in [3.8, 4) is 35.4 Å². The molecule has 7 rings (SSSR count). The summed E-state index contributed by atoms with van der Waals surface area (Å²) in [4.78, 5) is 26.6. The summed E-state index contributed by atoms with van der Waals surface area (Å²) in [5, 5.41) is 11.3. The van der Waals surface area contributed by atoms with Gasteiger partial charge < -0.3 is 19.2 Å². The maximum atomic E-state index is 14.8. The summed E-state index contributed by atoms with van der Waals surface area (Å²) < 4.78 is 55.0. The van der Waals surface area contributed by atoms with Crippen molar-refractivity contribution >= 4 is 27.5 Å². The molecule has 3 atom stereocenters. The van der Waals surface area contributed by atoms with Crippen molar-refractivity contribution in [2.24, 2.45) is 0 Å². The largest absolute Gasteiger partial charge is 0.508 e. The molecule has 5 heterocycles. The molecular weight excluding hydrogens is 561 g/mol. The fourth-order valence-electron chi connectivity index (χ4n) is 7.02. The predicted octanol–water partition coefficient (Wildman–Crippen LogP) is 5.04. The fraction of sp³-hybridized carbons (Fsp3) is 0.406. The Morgan fingerprint density at radius 2 is 2.09 bits per heavy atom. The second-order valence-electron chi connectivity index (χ2n) is 11.7. The Labute approximate surface area is 245 Å². The average Bonchev–Trinajstić information content (AvgIpc) is 3.48. The molecule has 0 unspecified atom stereocenters. The number of phenolic OH excluding ortho intramolecular Hbond substituents is 1. The molecular formula is C32H29F3N4O4. The van der Waals surface area contributed by atoms with E-state index < -0.39 is 35.9 Å². The third-order valence-corrected chi connectivity index (χ3v) is 9.23. The van der Waals surface area contributed by atoms with Crippen molar-refractivity contribution in [2.75, 3.05) is 37.8 Å². The molecule has 0 radical (unpaired) electrons. The molecule has 3 aliphatic rings. The van der Waals surface area contributed by atoms with Crippen LogP contribution in [0.5, 0.6) is 11.8 Å². The molecule has 1 N–H and O–H groups in total. The third-order valence-electron chi connectivity index (χ3n) is 9.23. The highest BCUT2D eigenvalue weighted by molar-refractivity contribution is 6.03. The van der Waals surface area contributed by atoms with Crippen molar-refractivity contribution < 1.29 is 27.4 Å². The van der Waals surface area contributed by atoms with Crippen LogP contribution in [-0.4, -0.2) is 70.6 Å². The van der Waals surface area contributed by atoms with Gasteiger partial charge in [-0.1, -0.05) is 12.0 Å². The van der Waals surface area contributed by atoms with Crippen LogP contribution in [0.15, 0.2) is 33.5 Å². The SMILES string of the molecule is C#Cc1c(F)ccc2cc(O)cc(-c3oc(=O)c4c(N5CC[C@H]5CF)nc(OC[C@@]56CCCN5C[C@H](F)C6)nc4c3C)c12. The number of ether oxygens (including phenoxy) is 1. The molecule has 0 aliphatic carbocycles. The molecule has 2 aromatic heterocycles. The number of hydrogen-bond donors (Lipinski definition) is 1. The van der Waals surface area contributed by atoms with Crippen molar-refractivity contribution in [3.63, 3.8) is 0 Å². The van der Waals surface area contributed by atoms with E-state index in [9.17, 15) is 23.1 Å². The lowest BCUT2D eigenvalue weighted by molar-refractivity contribution is 0.107. The molecule has 8 nitrogen and oxygen atoms in total. The van der Waals surface area contributed by atoms with Crippen molar-refractivity contribution in [2.45, 2.75) is 50.4 Å². The van der Waals surface area contributed by atoms with E-state index in [1.807, 2.05) is 0 Å². The number of phenols is 1. The van der Waals surface area contributed by atoms with Gasteiger partial charge in [0.2, 0.25) is 0 Å². The molecule has 3 fully saturated rings. The van der Waals surface area contributed by atoms with E-state index in [-0.39, 0.29) is 52.0 Å². The zero-order valence-corrected chi connectivity index (χ0v) is 23.5. The molecule has 43 heavy (non-hydrogen) atoms. The average molecular weight is 591 g/mol. The molecule has 2 aromatic carbocycles. The summed E-state index contributed by atoms with van der Waals surface area (Å²) in [5.41, 5.74) is -0.466. The Balaban J connectivity index is 1.42. The monoisotopic (exact) mass is 590 g/mol. The summed E-state index contributed by atoms with van der Waals surface area (Å²) >= 11 is 0. The number of aromatic nitrogens is 2. The van der Waals surface area contributed by atoms with Gasteiger partial charge in [0.05, 0.1) is 22.7 Å². The molecule has 0 amide bonds. The van der Waals surface area contributed by atoms with Crippen LogP contribution in [0.25, 0.3) is 33.0 Å². The number of anilines is 1. The Hall–Kier alpha value is -4.30. The third kappa shape index (κ3) is 4.30. The van der Waals surface area contributed by atoms with Crippen molar-refractivity contribution in [1.29, 1.82) is 0 Å². The minimum absolute atomic E-state index is 0.0219. The standard InChI is InChI=1S/C32H29F3N4O4/c1-3-22-24(35)6-5-18-11-21(40)12-23(25(18)22)28-17(2)27-26(30(41)43-28)29(39-10-7-20(39)14-33)37-31(36-27)42-16-32-8-4-9-38(32)15-19(34)13-32/h1,5-6,11-12,19-20,40H,4,7-10,13-16H2,2H3/t19-,20+,32+/m1/s1. The highest BCUT2D eigenvalue weighted by atomic mass is 19.1. The zero-order valence-electron chi connectivity index (χ0n) is 23.5. The summed E-state index contributed by atoms with van der Waals surface area (Å²) in [7, 11) is 0. The highest BCUT2D eigenvalue weighted by Gasteiger charge is 2.49. The topological polar surface area (TPSA) is 91.9 Å². The second-order valence-corrected chi connectivity index (χ2v) is 11.7. The summed E-state index contributed by atoms with van der Waals surface area (Å²) in [6, 6.07) is 5.00. The van der Waals surface area contributed by atoms with Gasteiger partial charge in [0, 0.05) is 36.0 Å². The van der Waals surface area contributed by atoms with Gasteiger partial charge in [-0.25, -0.2) is 18.0 Å². The number of hydrogen-bond acceptors (Lipinski definition) is 8. The number of aryl methyl sites for hydroxylation is 1. The van der Waals surface area contributed by atoms with Gasteiger partial charge in [0.1, 0.15) is 42.2 Å². The summed E-state index contributed by atoms with van der Waals surface area (Å²) in [6.07, 6.45) is 7.40. The van der Waals surface area contributed by atoms with Gasteiger partial charge >= 0.3 is 11.6 Å². The van der Waals surface area contributed by atoms with E-state index in [0.717, 1.165) is 19.4 Å². The lowest BCUT2D eigenvalue weighted by atomic mass is 9.94. The number of terminal acetylenes is 1. The molecule has 0 saturated carbocycles. The lowest BCUT2D eigenvalue weighted by Crippen LogP contribution is -2.50. The number of fused-ring (bicyclic) bond motifs is 3. The zero-order chi connectivity index (χ0) is 30.0. The molecule has 0 spiro atoms. The maximum absolute atomic E-state index is 14.8. The number of rotatable bonds is 6. The van der Waals surface area contributed by atoms with E-state index in [1.54, 1.807) is 11.8 Å². The first kappa shape index (κ1) is 27.5. The summed E-state index contributed by atoms with van der Waals surface area (Å²) in [6.45, 7) is 2.85. The maximum Gasteiger partial charge on any atom is 0.349 e. The van der Waals surface area contributed by atoms with E-state index in [0.29, 0.717) is 42.3 Å². The normalized spacial score (nSPS) is 23.5. The van der Waals surface area contributed by atoms with Crippen LogP contribution in [0, 0.1) is 25.1 Å². The van der Waals surface area contributed by atoms with Gasteiger partial charge in [-0.2, -0.15) is 9.97 Å². The molecule has 11 heteroatoms. The van der Waals surface area contributed by atoms with Crippen molar-refractivity contribution in [1.82, 2.24) is 14.9 Å². The van der Waals surface area contributed by atoms with Gasteiger partial charge in [-0.3, -0.25) is 4.90 Å². The van der Waals surface area contributed by atoms with Crippen LogP contribution >= 0.6 is 0 Å². The van der Waals surface area contributed by atoms with E-state index >= 15 is 0 Å². The lowest BCUT2D eigenvalue weighted by Gasteiger charge is -2.40. The van der Waals surface area contributed by atoms with Crippen LogP contribution in [0.2, 0.25) is 0 Å². The molecule has 3 aliphatic heterocycles. The van der Waals surface area contributed by atoms with Crippen LogP contribution in [-0.2, 0) is 0 Å². The molecule has 222 valence electrons. The quantitative estimate of drug-likeness (QED) is 0.313. The number of alkyl halides is 2. The Morgan fingerprint density at radius 1 is 1.26 bits per heavy atom. The first-order valence-corrected chi connectivity index (χ1v) is 14.3. The smallest absolute Gasteiger partial charge is 0.349 e. The number of halogens is 3. The van der Waals surface area contributed by atoms with Gasteiger partial charge in [0.25, 0.3) is 0 Å². The van der Waals surface area contributed by atoms with Crippen LogP contribution in [0.3, 0.4) is 0 Å². The highest BCUT2D eigenvalue weighted by Crippen LogP contribution is 2.42. The first-order valence-electron chi connectivity index (χ1n) is 14.3. The van der Waals surface area contributed by atoms with E-state index in [4.69, 9.17) is 15.6 Å². The minimum atomic E-state index is -0.937. The van der Waals surface area contributed by atoms with Gasteiger partial charge in [0.15, 0.2) is 5.82 Å². The molecule has 4 aromatic rings. The van der Waals surface area contributed by atoms with Crippen LogP contribution in [0.4, 0.5) is 19.0 Å². The van der Waals surface area contributed by atoms with E-state index in [2.05, 4.69) is 20.8 Å². The fourth-order valence-corrected chi connectivity index (χ4v) is 7.02. The number of aromatic hydroxyl groups is 1. The van der Waals surface area contributed by atoms with Gasteiger partial charge in [-0.15, -0.1) is 6.42 Å². The Bertz CT molecular complexity index is 1890. The van der Waals surface area contributed by atoms with Crippen molar-refractivity contribution in [3.05, 3.63) is 51.6 Å². The Kier molecular flexibility index (Phi) is 6.50. The number of nitrogens with zero attached hydrogens (tertiary/aromatic N) is 4. The molecule has 3 saturated heterocycles. The minimum Gasteiger partial charge on any atom is -0.508 e. The van der Waals surface area contributed by atoms with E-state index in [1.165, 1.54) is 24.3 Å². The predicted molar refractivity (Wildman–Crippen MR) is 156 cm³/mol. The number of benzene rings is 2. The Morgan fingerprint density at radius 3 is 2.84 bits per heavy atom.